The van der Waals surface area contributed by atoms with Gasteiger partial charge in [0.15, 0.2) is 0 Å². The van der Waals surface area contributed by atoms with Crippen LogP contribution in [0.2, 0.25) is 0 Å². The third-order valence-electron chi connectivity index (χ3n) is 5.64. The summed E-state index contributed by atoms with van der Waals surface area (Å²) in [5.74, 6) is 3.51. The Morgan fingerprint density at radius 1 is 1.16 bits per heavy atom. The summed E-state index contributed by atoms with van der Waals surface area (Å²) < 4.78 is 0. The number of nitrogens with two attached hydrogens (primary N) is 1. The van der Waals surface area contributed by atoms with Gasteiger partial charge in [-0.15, -0.1) is 0 Å². The van der Waals surface area contributed by atoms with E-state index in [1.165, 1.54) is 37.7 Å². The Hall–Kier alpha value is -0.820. The van der Waals surface area contributed by atoms with Crippen LogP contribution >= 0.6 is 0 Å². The van der Waals surface area contributed by atoms with E-state index in [4.69, 9.17) is 5.73 Å². The molecule has 0 aromatic heterocycles. The number of benzene rings is 1. The van der Waals surface area contributed by atoms with E-state index in [2.05, 4.69) is 37.3 Å². The molecule has 0 spiro atoms. The third kappa shape index (κ3) is 2.72. The molecule has 2 aliphatic carbocycles. The molecule has 2 aliphatic rings. The Morgan fingerprint density at radius 3 is 2.53 bits per heavy atom. The molecule has 2 fully saturated rings. The Kier molecular flexibility index (Phi) is 3.93. The van der Waals surface area contributed by atoms with E-state index < -0.39 is 0 Å². The minimum absolute atomic E-state index is 0.344. The van der Waals surface area contributed by atoms with Gasteiger partial charge in [-0.25, -0.2) is 0 Å². The first kappa shape index (κ1) is 13.2. The second-order valence-electron chi connectivity index (χ2n) is 6.76. The van der Waals surface area contributed by atoms with Crippen LogP contribution in [-0.2, 0) is 0 Å². The third-order valence-corrected chi connectivity index (χ3v) is 5.64. The lowest BCUT2D eigenvalue weighted by molar-refractivity contribution is 0.280. The van der Waals surface area contributed by atoms with Crippen LogP contribution < -0.4 is 5.73 Å². The van der Waals surface area contributed by atoms with Gasteiger partial charge in [-0.1, -0.05) is 43.7 Å². The minimum Gasteiger partial charge on any atom is -0.327 e. The molecule has 0 radical (unpaired) electrons. The molecule has 104 valence electrons. The molecule has 3 rings (SSSR count). The fourth-order valence-electron chi connectivity index (χ4n) is 4.66. The van der Waals surface area contributed by atoms with Crippen molar-refractivity contribution < 1.29 is 0 Å². The molecule has 1 aromatic rings. The van der Waals surface area contributed by atoms with Gasteiger partial charge >= 0.3 is 0 Å². The fraction of sp³-hybridized carbons (Fsp3) is 0.667. The van der Waals surface area contributed by atoms with Crippen molar-refractivity contribution in [2.45, 2.75) is 57.4 Å². The quantitative estimate of drug-likeness (QED) is 0.834. The van der Waals surface area contributed by atoms with E-state index in [1.54, 1.807) is 0 Å². The maximum atomic E-state index is 6.57. The largest absolute Gasteiger partial charge is 0.327 e. The summed E-state index contributed by atoms with van der Waals surface area (Å²) in [6.45, 7) is 2.28. The van der Waals surface area contributed by atoms with Crippen LogP contribution in [0.4, 0.5) is 0 Å². The average Bonchev–Trinajstić information content (AvgIpc) is 3.03. The van der Waals surface area contributed by atoms with Crippen LogP contribution in [0.15, 0.2) is 30.3 Å². The Morgan fingerprint density at radius 2 is 1.95 bits per heavy atom. The molecule has 0 saturated heterocycles. The van der Waals surface area contributed by atoms with E-state index >= 15 is 0 Å². The number of fused-ring (bicyclic) bond motifs is 2. The first-order chi connectivity index (χ1) is 9.28. The second kappa shape index (κ2) is 5.66. The first-order valence-electron chi connectivity index (χ1n) is 8.08. The van der Waals surface area contributed by atoms with Gasteiger partial charge in [-0.3, -0.25) is 0 Å². The molecule has 1 aromatic carbocycles. The highest BCUT2D eigenvalue weighted by Crippen LogP contribution is 2.50. The van der Waals surface area contributed by atoms with E-state index in [1.807, 2.05) is 0 Å². The molecular formula is C18H27N. The number of hydrogen-bond donors (Lipinski definition) is 1. The molecule has 0 amide bonds. The SMILES string of the molecule is CCC(c1ccccc1)C(N)CC1CC2CCC1C2. The van der Waals surface area contributed by atoms with Gasteiger partial charge in [0.2, 0.25) is 0 Å². The molecule has 1 heteroatoms. The highest BCUT2D eigenvalue weighted by atomic mass is 14.7. The van der Waals surface area contributed by atoms with Gasteiger partial charge in [0.05, 0.1) is 0 Å². The van der Waals surface area contributed by atoms with Gasteiger partial charge < -0.3 is 5.73 Å². The zero-order chi connectivity index (χ0) is 13.2. The van der Waals surface area contributed by atoms with Crippen molar-refractivity contribution in [3.8, 4) is 0 Å². The van der Waals surface area contributed by atoms with E-state index in [0.29, 0.717) is 12.0 Å². The highest BCUT2D eigenvalue weighted by Gasteiger charge is 2.40. The van der Waals surface area contributed by atoms with Crippen molar-refractivity contribution in [1.82, 2.24) is 0 Å². The van der Waals surface area contributed by atoms with Gasteiger partial charge in [-0.05, 0) is 61.3 Å². The average molecular weight is 257 g/mol. The maximum absolute atomic E-state index is 6.57. The van der Waals surface area contributed by atoms with Gasteiger partial charge in [-0.2, -0.15) is 0 Å². The Balaban J connectivity index is 1.64. The summed E-state index contributed by atoms with van der Waals surface area (Å²) in [5, 5.41) is 0. The molecule has 1 nitrogen and oxygen atoms in total. The van der Waals surface area contributed by atoms with Gasteiger partial charge in [0, 0.05) is 6.04 Å². The standard InChI is InChI=1S/C18H27N/c1-2-17(14-6-4-3-5-7-14)18(19)12-16-11-13-8-9-15(16)10-13/h3-7,13,15-18H,2,8-12,19H2,1H3. The zero-order valence-corrected chi connectivity index (χ0v) is 12.1. The lowest BCUT2D eigenvalue weighted by Crippen LogP contribution is -2.32. The van der Waals surface area contributed by atoms with Crippen LogP contribution in [0, 0.1) is 17.8 Å². The van der Waals surface area contributed by atoms with Gasteiger partial charge in [0.1, 0.15) is 0 Å². The van der Waals surface area contributed by atoms with Crippen molar-refractivity contribution in [3.63, 3.8) is 0 Å². The van der Waals surface area contributed by atoms with Crippen LogP contribution in [-0.4, -0.2) is 6.04 Å². The number of rotatable bonds is 5. The molecule has 5 atom stereocenters. The Bertz CT molecular complexity index is 399. The van der Waals surface area contributed by atoms with E-state index in [9.17, 15) is 0 Å². The predicted octanol–water partition coefficient (Wildman–Crippen LogP) is 4.33. The summed E-state index contributed by atoms with van der Waals surface area (Å²) in [6, 6.07) is 11.2. The molecule has 0 heterocycles. The molecule has 0 aliphatic heterocycles. The van der Waals surface area contributed by atoms with Crippen molar-refractivity contribution in [2.24, 2.45) is 23.5 Å². The summed E-state index contributed by atoms with van der Waals surface area (Å²) >= 11 is 0. The predicted molar refractivity (Wildman–Crippen MR) is 81.0 cm³/mol. The van der Waals surface area contributed by atoms with E-state index in [0.717, 1.165) is 24.2 Å². The molecule has 2 N–H and O–H groups in total. The highest BCUT2D eigenvalue weighted by molar-refractivity contribution is 5.21. The smallest absolute Gasteiger partial charge is 0.0110 e. The van der Waals surface area contributed by atoms with Crippen molar-refractivity contribution in [2.75, 3.05) is 0 Å². The fourth-order valence-corrected chi connectivity index (χ4v) is 4.66. The summed E-state index contributed by atoms with van der Waals surface area (Å²) in [5.41, 5.74) is 8.00. The Labute approximate surface area is 117 Å². The monoisotopic (exact) mass is 257 g/mol. The zero-order valence-electron chi connectivity index (χ0n) is 12.1. The first-order valence-corrected chi connectivity index (χ1v) is 8.08. The normalized spacial score (nSPS) is 32.4. The second-order valence-corrected chi connectivity index (χ2v) is 6.76. The molecule has 19 heavy (non-hydrogen) atoms. The van der Waals surface area contributed by atoms with Crippen molar-refractivity contribution in [3.05, 3.63) is 35.9 Å². The van der Waals surface area contributed by atoms with Crippen LogP contribution in [0.5, 0.6) is 0 Å². The molecule has 2 bridgehead atoms. The van der Waals surface area contributed by atoms with E-state index in [-0.39, 0.29) is 0 Å². The van der Waals surface area contributed by atoms with Gasteiger partial charge in [0.25, 0.3) is 0 Å². The molecule has 5 unspecified atom stereocenters. The van der Waals surface area contributed by atoms with Crippen LogP contribution in [0.1, 0.15) is 56.9 Å². The van der Waals surface area contributed by atoms with Crippen molar-refractivity contribution in [1.29, 1.82) is 0 Å². The van der Waals surface area contributed by atoms with Crippen molar-refractivity contribution >= 4 is 0 Å². The summed E-state index contributed by atoms with van der Waals surface area (Å²) in [6.07, 6.45) is 8.33. The molecule has 2 saturated carbocycles. The topological polar surface area (TPSA) is 26.0 Å². The summed E-state index contributed by atoms with van der Waals surface area (Å²) in [7, 11) is 0. The maximum Gasteiger partial charge on any atom is 0.0110 e. The number of hydrogen-bond acceptors (Lipinski definition) is 1. The summed E-state index contributed by atoms with van der Waals surface area (Å²) in [4.78, 5) is 0. The van der Waals surface area contributed by atoms with Crippen LogP contribution in [0.25, 0.3) is 0 Å². The van der Waals surface area contributed by atoms with Crippen LogP contribution in [0.3, 0.4) is 0 Å². The molecular weight excluding hydrogens is 230 g/mol. The lowest BCUT2D eigenvalue weighted by atomic mass is 9.79. The minimum atomic E-state index is 0.344. The lowest BCUT2D eigenvalue weighted by Gasteiger charge is -2.29.